The molecule has 6 heteroatoms. The molecule has 24 heavy (non-hydrogen) atoms. The van der Waals surface area contributed by atoms with Gasteiger partial charge in [-0.05, 0) is 35.7 Å². The van der Waals surface area contributed by atoms with Gasteiger partial charge in [-0.2, -0.15) is 0 Å². The Labute approximate surface area is 144 Å². The van der Waals surface area contributed by atoms with Crippen LogP contribution in [0.4, 0.5) is 9.18 Å². The maximum atomic E-state index is 13.2. The predicted molar refractivity (Wildman–Crippen MR) is 90.4 cm³/mol. The molecule has 0 aliphatic heterocycles. The Morgan fingerprint density at radius 2 is 2.08 bits per heavy atom. The first-order chi connectivity index (χ1) is 11.5. The van der Waals surface area contributed by atoms with Gasteiger partial charge in [0.25, 0.3) is 0 Å². The van der Waals surface area contributed by atoms with E-state index in [-0.39, 0.29) is 11.1 Å². The largest absolute Gasteiger partial charge is 0.390 e. The van der Waals surface area contributed by atoms with E-state index in [9.17, 15) is 14.3 Å². The molecule has 0 saturated carbocycles. The van der Waals surface area contributed by atoms with E-state index in [0.29, 0.717) is 12.0 Å². The molecular weight excluding hydrogens is 331 g/mol. The SMILES string of the molecule is CC(NC(=O)NC1c2ccccc2CC1O)c1ccc(F)c(Cl)c1. The third-order valence-electron chi connectivity index (χ3n) is 4.28. The summed E-state index contributed by atoms with van der Waals surface area (Å²) in [6, 6.07) is 10.8. The Hall–Kier alpha value is -2.11. The van der Waals surface area contributed by atoms with Gasteiger partial charge in [-0.1, -0.05) is 41.9 Å². The van der Waals surface area contributed by atoms with E-state index in [2.05, 4.69) is 10.6 Å². The van der Waals surface area contributed by atoms with Crippen molar-refractivity contribution in [2.45, 2.75) is 31.5 Å². The fourth-order valence-electron chi connectivity index (χ4n) is 2.99. The number of nitrogens with one attached hydrogen (secondary N) is 2. The molecule has 0 heterocycles. The number of aliphatic hydroxyl groups excluding tert-OH is 1. The van der Waals surface area contributed by atoms with Gasteiger partial charge >= 0.3 is 6.03 Å². The minimum absolute atomic E-state index is 0.0155. The highest BCUT2D eigenvalue weighted by molar-refractivity contribution is 6.30. The Morgan fingerprint density at radius 1 is 1.33 bits per heavy atom. The van der Waals surface area contributed by atoms with E-state index in [1.807, 2.05) is 24.3 Å². The molecular formula is C18H18ClFN2O2. The van der Waals surface area contributed by atoms with Crippen LogP contribution in [-0.2, 0) is 6.42 Å². The summed E-state index contributed by atoms with van der Waals surface area (Å²) in [4.78, 5) is 12.2. The number of rotatable bonds is 3. The van der Waals surface area contributed by atoms with Crippen LogP contribution in [0.1, 0.15) is 35.7 Å². The monoisotopic (exact) mass is 348 g/mol. The van der Waals surface area contributed by atoms with Gasteiger partial charge in [0, 0.05) is 6.42 Å². The molecule has 0 saturated heterocycles. The van der Waals surface area contributed by atoms with E-state index < -0.39 is 24.0 Å². The number of aliphatic hydroxyl groups is 1. The van der Waals surface area contributed by atoms with E-state index in [4.69, 9.17) is 11.6 Å². The second kappa shape index (κ2) is 6.79. The number of carbonyl (C=O) groups is 1. The lowest BCUT2D eigenvalue weighted by Crippen LogP contribution is -2.41. The summed E-state index contributed by atoms with van der Waals surface area (Å²) >= 11 is 5.77. The molecule has 126 valence electrons. The number of benzene rings is 2. The van der Waals surface area contributed by atoms with Crippen LogP contribution in [0.25, 0.3) is 0 Å². The summed E-state index contributed by atoms with van der Waals surface area (Å²) in [5.74, 6) is -0.497. The molecule has 1 aliphatic rings. The summed E-state index contributed by atoms with van der Waals surface area (Å²) in [6.45, 7) is 1.78. The van der Waals surface area contributed by atoms with Gasteiger partial charge in [-0.15, -0.1) is 0 Å². The molecule has 0 spiro atoms. The van der Waals surface area contributed by atoms with Crippen molar-refractivity contribution < 1.29 is 14.3 Å². The zero-order valence-corrected chi connectivity index (χ0v) is 13.8. The van der Waals surface area contributed by atoms with Crippen molar-refractivity contribution in [2.75, 3.05) is 0 Å². The molecule has 0 fully saturated rings. The van der Waals surface area contributed by atoms with Gasteiger partial charge in [-0.3, -0.25) is 0 Å². The zero-order valence-electron chi connectivity index (χ0n) is 13.1. The van der Waals surface area contributed by atoms with Crippen LogP contribution in [-0.4, -0.2) is 17.2 Å². The van der Waals surface area contributed by atoms with Gasteiger partial charge in [0.1, 0.15) is 5.82 Å². The first-order valence-electron chi connectivity index (χ1n) is 7.73. The van der Waals surface area contributed by atoms with Crippen molar-refractivity contribution in [2.24, 2.45) is 0 Å². The highest BCUT2D eigenvalue weighted by Crippen LogP contribution is 2.31. The molecule has 2 aromatic carbocycles. The highest BCUT2D eigenvalue weighted by Gasteiger charge is 2.32. The van der Waals surface area contributed by atoms with E-state index in [0.717, 1.165) is 11.1 Å². The van der Waals surface area contributed by atoms with Crippen molar-refractivity contribution in [3.63, 3.8) is 0 Å². The first-order valence-corrected chi connectivity index (χ1v) is 8.11. The molecule has 3 N–H and O–H groups in total. The lowest BCUT2D eigenvalue weighted by molar-refractivity contribution is 0.142. The normalized spacial score (nSPS) is 20.3. The number of hydrogen-bond donors (Lipinski definition) is 3. The fraction of sp³-hybridized carbons (Fsp3) is 0.278. The van der Waals surface area contributed by atoms with Crippen LogP contribution < -0.4 is 10.6 Å². The number of amides is 2. The maximum Gasteiger partial charge on any atom is 0.315 e. The third-order valence-corrected chi connectivity index (χ3v) is 4.57. The molecule has 0 aromatic heterocycles. The zero-order chi connectivity index (χ0) is 17.3. The van der Waals surface area contributed by atoms with Crippen molar-refractivity contribution in [1.29, 1.82) is 0 Å². The lowest BCUT2D eigenvalue weighted by Gasteiger charge is -2.21. The summed E-state index contributed by atoms with van der Waals surface area (Å²) in [5, 5.41) is 15.8. The van der Waals surface area contributed by atoms with Crippen LogP contribution >= 0.6 is 11.6 Å². The second-order valence-electron chi connectivity index (χ2n) is 5.96. The topological polar surface area (TPSA) is 61.4 Å². The first kappa shape index (κ1) is 16.7. The average Bonchev–Trinajstić information content (AvgIpc) is 2.86. The Kier molecular flexibility index (Phi) is 4.73. The summed E-state index contributed by atoms with van der Waals surface area (Å²) in [5.41, 5.74) is 2.66. The quantitative estimate of drug-likeness (QED) is 0.795. The van der Waals surface area contributed by atoms with Gasteiger partial charge in [0.2, 0.25) is 0 Å². The van der Waals surface area contributed by atoms with Gasteiger partial charge < -0.3 is 15.7 Å². The third kappa shape index (κ3) is 3.37. The van der Waals surface area contributed by atoms with Crippen LogP contribution in [0.2, 0.25) is 5.02 Å². The summed E-state index contributed by atoms with van der Waals surface area (Å²) in [6.07, 6.45) is -0.131. The summed E-state index contributed by atoms with van der Waals surface area (Å²) in [7, 11) is 0. The van der Waals surface area contributed by atoms with Crippen LogP contribution in [0, 0.1) is 5.82 Å². The maximum absolute atomic E-state index is 13.2. The van der Waals surface area contributed by atoms with Crippen molar-refractivity contribution in [3.05, 3.63) is 70.0 Å². The standard InChI is InChI=1S/C18H18ClFN2O2/c1-10(11-6-7-15(20)14(19)8-11)21-18(24)22-17-13-5-3-2-4-12(13)9-16(17)23/h2-8,10,16-17,23H,9H2,1H3,(H2,21,22,24). The molecule has 3 atom stereocenters. The summed E-state index contributed by atoms with van der Waals surface area (Å²) < 4.78 is 13.2. The average molecular weight is 349 g/mol. The van der Waals surface area contributed by atoms with Gasteiger partial charge in [0.05, 0.1) is 23.2 Å². The molecule has 0 bridgehead atoms. The van der Waals surface area contributed by atoms with Crippen molar-refractivity contribution in [1.82, 2.24) is 10.6 Å². The molecule has 2 aromatic rings. The predicted octanol–water partition coefficient (Wildman–Crippen LogP) is 3.50. The van der Waals surface area contributed by atoms with Gasteiger partial charge in [-0.25, -0.2) is 9.18 Å². The van der Waals surface area contributed by atoms with Crippen molar-refractivity contribution >= 4 is 17.6 Å². The molecule has 2 amide bonds. The number of halogens is 2. The number of fused-ring (bicyclic) bond motifs is 1. The molecule has 0 radical (unpaired) electrons. The van der Waals surface area contributed by atoms with Gasteiger partial charge in [0.15, 0.2) is 0 Å². The molecule has 3 unspecified atom stereocenters. The fourth-order valence-corrected chi connectivity index (χ4v) is 3.18. The number of urea groups is 1. The Bertz CT molecular complexity index is 768. The number of carbonyl (C=O) groups excluding carboxylic acids is 1. The highest BCUT2D eigenvalue weighted by atomic mass is 35.5. The van der Waals surface area contributed by atoms with E-state index in [1.54, 1.807) is 13.0 Å². The minimum atomic E-state index is -0.649. The van der Waals surface area contributed by atoms with Crippen LogP contribution in [0.15, 0.2) is 42.5 Å². The second-order valence-corrected chi connectivity index (χ2v) is 6.37. The Balaban J connectivity index is 1.66. The smallest absolute Gasteiger partial charge is 0.315 e. The Morgan fingerprint density at radius 3 is 2.83 bits per heavy atom. The molecule has 3 rings (SSSR count). The number of hydrogen-bond acceptors (Lipinski definition) is 2. The van der Waals surface area contributed by atoms with Crippen LogP contribution in [0.3, 0.4) is 0 Å². The molecule has 4 nitrogen and oxygen atoms in total. The lowest BCUT2D eigenvalue weighted by atomic mass is 10.1. The van der Waals surface area contributed by atoms with Crippen LogP contribution in [0.5, 0.6) is 0 Å². The minimum Gasteiger partial charge on any atom is -0.390 e. The van der Waals surface area contributed by atoms with E-state index in [1.165, 1.54) is 12.1 Å². The van der Waals surface area contributed by atoms with Crippen molar-refractivity contribution in [3.8, 4) is 0 Å². The van der Waals surface area contributed by atoms with E-state index >= 15 is 0 Å². The molecule has 1 aliphatic carbocycles.